The van der Waals surface area contributed by atoms with Crippen molar-refractivity contribution in [2.45, 2.75) is 17.9 Å². The van der Waals surface area contributed by atoms with Crippen molar-refractivity contribution in [3.63, 3.8) is 0 Å². The van der Waals surface area contributed by atoms with Gasteiger partial charge in [-0.3, -0.25) is 9.52 Å². The maximum absolute atomic E-state index is 12.5. The molecule has 0 bridgehead atoms. The van der Waals surface area contributed by atoms with Crippen LogP contribution in [-0.4, -0.2) is 35.3 Å². The number of para-hydroxylation sites is 1. The van der Waals surface area contributed by atoms with Gasteiger partial charge in [-0.25, -0.2) is 16.8 Å². The van der Waals surface area contributed by atoms with Crippen LogP contribution in [0.5, 0.6) is 0 Å². The number of carbonyl (C=O) groups is 1. The third kappa shape index (κ3) is 5.30. The molecule has 0 aromatic heterocycles. The third-order valence-electron chi connectivity index (χ3n) is 3.62. The SMILES string of the molecule is C[C@H](NC(=O)c1ccccc1NS(C)(=O)=O)c1ccc(S(C)(=O)=O)cc1. The highest BCUT2D eigenvalue weighted by Gasteiger charge is 2.17. The van der Waals surface area contributed by atoms with Crippen LogP contribution in [0.25, 0.3) is 0 Å². The quantitative estimate of drug-likeness (QED) is 0.776. The first kappa shape index (κ1) is 19.9. The Labute approximate surface area is 153 Å². The molecule has 140 valence electrons. The van der Waals surface area contributed by atoms with E-state index in [0.29, 0.717) is 0 Å². The van der Waals surface area contributed by atoms with Crippen LogP contribution in [0.2, 0.25) is 0 Å². The van der Waals surface area contributed by atoms with E-state index in [0.717, 1.165) is 18.1 Å². The summed E-state index contributed by atoms with van der Waals surface area (Å²) in [5, 5.41) is 2.77. The molecule has 1 atom stereocenters. The number of sulfone groups is 1. The van der Waals surface area contributed by atoms with Crippen molar-refractivity contribution in [1.29, 1.82) is 0 Å². The highest BCUT2D eigenvalue weighted by Crippen LogP contribution is 2.20. The molecule has 0 aliphatic rings. The summed E-state index contributed by atoms with van der Waals surface area (Å²) >= 11 is 0. The molecule has 1 amide bonds. The molecule has 9 heteroatoms. The number of carbonyl (C=O) groups excluding carboxylic acids is 1. The fourth-order valence-corrected chi connectivity index (χ4v) is 3.54. The van der Waals surface area contributed by atoms with Crippen molar-refractivity contribution >= 4 is 31.5 Å². The Hall–Kier alpha value is -2.39. The summed E-state index contributed by atoms with van der Waals surface area (Å²) in [7, 11) is -6.81. The summed E-state index contributed by atoms with van der Waals surface area (Å²) in [6.07, 6.45) is 2.13. The van der Waals surface area contributed by atoms with Gasteiger partial charge in [0.15, 0.2) is 9.84 Å². The van der Waals surface area contributed by atoms with Gasteiger partial charge >= 0.3 is 0 Å². The summed E-state index contributed by atoms with van der Waals surface area (Å²) in [5.41, 5.74) is 1.10. The molecule has 0 spiro atoms. The number of hydrogen-bond acceptors (Lipinski definition) is 5. The minimum absolute atomic E-state index is 0.187. The minimum atomic E-state index is -3.52. The highest BCUT2D eigenvalue weighted by atomic mass is 32.2. The van der Waals surface area contributed by atoms with Gasteiger partial charge in [0.05, 0.1) is 28.4 Å². The second kappa shape index (κ2) is 7.46. The Morgan fingerprint density at radius 3 is 2.04 bits per heavy atom. The second-order valence-corrected chi connectivity index (χ2v) is 9.72. The van der Waals surface area contributed by atoms with Crippen molar-refractivity contribution in [2.75, 3.05) is 17.2 Å². The summed E-state index contributed by atoms with van der Waals surface area (Å²) in [6, 6.07) is 12.1. The number of benzene rings is 2. The maximum Gasteiger partial charge on any atom is 0.253 e. The molecule has 0 fully saturated rings. The zero-order valence-electron chi connectivity index (χ0n) is 14.6. The zero-order valence-corrected chi connectivity index (χ0v) is 16.2. The van der Waals surface area contributed by atoms with E-state index in [-0.39, 0.29) is 16.1 Å². The van der Waals surface area contributed by atoms with Crippen LogP contribution in [0.4, 0.5) is 5.69 Å². The zero-order chi connectivity index (χ0) is 19.5. The summed E-state index contributed by atoms with van der Waals surface area (Å²) in [4.78, 5) is 12.7. The largest absolute Gasteiger partial charge is 0.345 e. The van der Waals surface area contributed by atoms with E-state index in [2.05, 4.69) is 10.0 Å². The molecule has 0 aliphatic carbocycles. The Bertz CT molecular complexity index is 1010. The molecule has 0 aliphatic heterocycles. The van der Waals surface area contributed by atoms with Gasteiger partial charge in [-0.1, -0.05) is 24.3 Å². The van der Waals surface area contributed by atoms with E-state index < -0.39 is 31.8 Å². The van der Waals surface area contributed by atoms with Crippen LogP contribution in [-0.2, 0) is 19.9 Å². The van der Waals surface area contributed by atoms with Crippen LogP contribution >= 0.6 is 0 Å². The molecule has 0 saturated heterocycles. The van der Waals surface area contributed by atoms with Crippen molar-refractivity contribution in [3.8, 4) is 0 Å². The molecule has 2 aromatic rings. The summed E-state index contributed by atoms with van der Waals surface area (Å²) < 4.78 is 48.2. The lowest BCUT2D eigenvalue weighted by atomic mass is 10.1. The van der Waals surface area contributed by atoms with E-state index in [1.807, 2.05) is 0 Å². The number of nitrogens with one attached hydrogen (secondary N) is 2. The maximum atomic E-state index is 12.5. The predicted molar refractivity (Wildman–Crippen MR) is 100 cm³/mol. The molecule has 2 rings (SSSR count). The van der Waals surface area contributed by atoms with Gasteiger partial charge in [0.2, 0.25) is 10.0 Å². The van der Waals surface area contributed by atoms with Crippen molar-refractivity contribution in [1.82, 2.24) is 5.32 Å². The first-order chi connectivity index (χ1) is 12.0. The smallest absolute Gasteiger partial charge is 0.253 e. The Balaban J connectivity index is 2.20. The molecule has 2 aromatic carbocycles. The van der Waals surface area contributed by atoms with Crippen molar-refractivity contribution < 1.29 is 21.6 Å². The van der Waals surface area contributed by atoms with Gasteiger partial charge in [0, 0.05) is 6.26 Å². The number of sulfonamides is 1. The van der Waals surface area contributed by atoms with Crippen LogP contribution in [0.15, 0.2) is 53.4 Å². The van der Waals surface area contributed by atoms with Crippen LogP contribution in [0.3, 0.4) is 0 Å². The van der Waals surface area contributed by atoms with Crippen molar-refractivity contribution in [3.05, 3.63) is 59.7 Å². The van der Waals surface area contributed by atoms with E-state index in [1.54, 1.807) is 31.2 Å². The first-order valence-electron chi connectivity index (χ1n) is 7.65. The molecule has 7 nitrogen and oxygen atoms in total. The fourth-order valence-electron chi connectivity index (χ4n) is 2.33. The van der Waals surface area contributed by atoms with Crippen LogP contribution in [0.1, 0.15) is 28.9 Å². The van der Waals surface area contributed by atoms with E-state index in [4.69, 9.17) is 0 Å². The Kier molecular flexibility index (Phi) is 5.72. The average molecular weight is 396 g/mol. The number of hydrogen-bond donors (Lipinski definition) is 2. The lowest BCUT2D eigenvalue weighted by molar-refractivity contribution is 0.0940. The molecule has 0 radical (unpaired) electrons. The Morgan fingerprint density at radius 1 is 0.923 bits per heavy atom. The number of amides is 1. The van der Waals surface area contributed by atoms with E-state index in [9.17, 15) is 21.6 Å². The molecule has 2 N–H and O–H groups in total. The number of anilines is 1. The monoisotopic (exact) mass is 396 g/mol. The molecule has 0 heterocycles. The van der Waals surface area contributed by atoms with E-state index >= 15 is 0 Å². The number of rotatable bonds is 6. The van der Waals surface area contributed by atoms with Crippen LogP contribution < -0.4 is 10.0 Å². The van der Waals surface area contributed by atoms with Crippen LogP contribution in [0, 0.1) is 0 Å². The topological polar surface area (TPSA) is 109 Å². The van der Waals surface area contributed by atoms with Gasteiger partial charge in [-0.15, -0.1) is 0 Å². The standard InChI is InChI=1S/C17H20N2O5S2/c1-12(13-8-10-14(11-9-13)25(2,21)22)18-17(20)15-6-4-5-7-16(15)19-26(3,23)24/h4-12,19H,1-3H3,(H,18,20)/t12-/m0/s1. The third-order valence-corrected chi connectivity index (χ3v) is 5.34. The first-order valence-corrected chi connectivity index (χ1v) is 11.4. The normalized spacial score (nSPS) is 13.0. The van der Waals surface area contributed by atoms with Crippen molar-refractivity contribution in [2.24, 2.45) is 0 Å². The minimum Gasteiger partial charge on any atom is -0.345 e. The lowest BCUT2D eigenvalue weighted by Crippen LogP contribution is -2.27. The molecular formula is C17H20N2O5S2. The average Bonchev–Trinajstić information content (AvgIpc) is 2.53. The lowest BCUT2D eigenvalue weighted by Gasteiger charge is -2.16. The highest BCUT2D eigenvalue weighted by molar-refractivity contribution is 7.92. The predicted octanol–water partition coefficient (Wildman–Crippen LogP) is 1.95. The molecule has 0 unspecified atom stereocenters. The van der Waals surface area contributed by atoms with Gasteiger partial charge in [-0.2, -0.15) is 0 Å². The second-order valence-electron chi connectivity index (χ2n) is 5.96. The molecule has 0 saturated carbocycles. The van der Waals surface area contributed by atoms with Gasteiger partial charge in [-0.05, 0) is 36.8 Å². The Morgan fingerprint density at radius 2 is 1.50 bits per heavy atom. The molecule has 26 heavy (non-hydrogen) atoms. The van der Waals surface area contributed by atoms with Gasteiger partial charge < -0.3 is 5.32 Å². The fraction of sp³-hybridized carbons (Fsp3) is 0.235. The van der Waals surface area contributed by atoms with Gasteiger partial charge in [0.25, 0.3) is 5.91 Å². The van der Waals surface area contributed by atoms with Gasteiger partial charge in [0.1, 0.15) is 0 Å². The van der Waals surface area contributed by atoms with E-state index in [1.165, 1.54) is 24.3 Å². The molecular weight excluding hydrogens is 376 g/mol. The summed E-state index contributed by atoms with van der Waals surface area (Å²) in [5.74, 6) is -0.448. The summed E-state index contributed by atoms with van der Waals surface area (Å²) in [6.45, 7) is 1.75.